The van der Waals surface area contributed by atoms with E-state index in [1.807, 2.05) is 51.1 Å². The Labute approximate surface area is 240 Å². The summed E-state index contributed by atoms with van der Waals surface area (Å²) in [5.41, 5.74) is 0.300. The normalized spacial score (nSPS) is 16.7. The number of hydrogen-bond acceptors (Lipinski definition) is 5. The first-order valence-electron chi connectivity index (χ1n) is 14.3. The van der Waals surface area contributed by atoms with Gasteiger partial charge < -0.3 is 29.9 Å². The third-order valence-corrected chi connectivity index (χ3v) is 7.49. The Hall–Kier alpha value is -3.40. The molecule has 1 aliphatic carbocycles. The zero-order valence-electron chi connectivity index (χ0n) is 24.3. The predicted octanol–water partition coefficient (Wildman–Crippen LogP) is 6.28. The van der Waals surface area contributed by atoms with Crippen LogP contribution in [0, 0.1) is 0 Å². The minimum absolute atomic E-state index is 0.263. The lowest BCUT2D eigenvalue weighted by atomic mass is 9.73. The molecule has 2 aromatic rings. The van der Waals surface area contributed by atoms with Gasteiger partial charge in [0.05, 0.1) is 30.9 Å². The Bertz CT molecular complexity index is 1140. The molecule has 0 aliphatic heterocycles. The fourth-order valence-corrected chi connectivity index (χ4v) is 5.25. The van der Waals surface area contributed by atoms with E-state index in [0.717, 1.165) is 18.4 Å². The van der Waals surface area contributed by atoms with Gasteiger partial charge in [0.25, 0.3) is 5.92 Å². The highest BCUT2D eigenvalue weighted by Crippen LogP contribution is 2.46. The quantitative estimate of drug-likeness (QED) is 0.216. The smallest absolute Gasteiger partial charge is 0.329 e. The molecule has 0 heterocycles. The van der Waals surface area contributed by atoms with Gasteiger partial charge in [-0.05, 0) is 69.7 Å². The maximum absolute atomic E-state index is 13.8. The van der Waals surface area contributed by atoms with Gasteiger partial charge in [0.1, 0.15) is 11.5 Å². The Morgan fingerprint density at radius 3 is 2.10 bits per heavy atom. The number of rotatable bonds is 15. The number of aryl methyl sites for hydroxylation is 1. The molecule has 1 saturated carbocycles. The van der Waals surface area contributed by atoms with E-state index in [0.29, 0.717) is 48.7 Å². The number of alkyl halides is 2. The molecule has 2 atom stereocenters. The highest BCUT2D eigenvalue weighted by Gasteiger charge is 2.62. The first kappa shape index (κ1) is 32.1. The number of carbonyl (C=O) groups is 2. The van der Waals surface area contributed by atoms with Crippen molar-refractivity contribution in [3.63, 3.8) is 0 Å². The van der Waals surface area contributed by atoms with Crippen molar-refractivity contribution in [2.75, 3.05) is 19.8 Å². The molecule has 2 aromatic carbocycles. The number of carbonyl (C=O) groups excluding carboxylic acids is 1. The van der Waals surface area contributed by atoms with Crippen molar-refractivity contribution < 1.29 is 38.1 Å². The average Bonchev–Trinajstić information content (AvgIpc) is 2.91. The number of urea groups is 1. The number of aliphatic hydroxyl groups is 1. The van der Waals surface area contributed by atoms with Crippen molar-refractivity contribution >= 4 is 12.0 Å². The van der Waals surface area contributed by atoms with Gasteiger partial charge >= 0.3 is 12.0 Å². The number of unbranched alkanes of at least 4 members (excludes halogenated alkanes) is 1. The number of nitrogens with one attached hydrogen (secondary N) is 1. The zero-order valence-corrected chi connectivity index (χ0v) is 24.3. The first-order valence-corrected chi connectivity index (χ1v) is 14.3. The molecule has 0 bridgehead atoms. The Morgan fingerprint density at radius 2 is 1.61 bits per heavy atom. The number of carboxylic acids is 1. The van der Waals surface area contributed by atoms with Gasteiger partial charge in [-0.25, -0.2) is 18.4 Å². The van der Waals surface area contributed by atoms with Crippen LogP contribution in [-0.2, 0) is 11.2 Å². The van der Waals surface area contributed by atoms with Crippen LogP contribution in [0.1, 0.15) is 88.6 Å². The van der Waals surface area contributed by atoms with Crippen molar-refractivity contribution in [3.05, 3.63) is 59.2 Å². The largest absolute Gasteiger partial charge is 0.493 e. The molecule has 0 saturated heterocycles. The van der Waals surface area contributed by atoms with Crippen molar-refractivity contribution in [3.8, 4) is 11.5 Å². The molecule has 3 rings (SSSR count). The number of aliphatic carboxylic acids is 1. The predicted molar refractivity (Wildman–Crippen MR) is 152 cm³/mol. The molecule has 2 amide bonds. The Kier molecular flexibility index (Phi) is 11.0. The second-order valence-electron chi connectivity index (χ2n) is 10.6. The molecule has 226 valence electrons. The van der Waals surface area contributed by atoms with Gasteiger partial charge in [0, 0.05) is 19.4 Å². The zero-order chi connectivity index (χ0) is 30.2. The highest BCUT2D eigenvalue weighted by molar-refractivity contribution is 5.88. The first-order chi connectivity index (χ1) is 19.5. The summed E-state index contributed by atoms with van der Waals surface area (Å²) in [6.45, 7) is 8.22. The summed E-state index contributed by atoms with van der Waals surface area (Å²) < 4.78 is 39.3. The monoisotopic (exact) mass is 576 g/mol. The van der Waals surface area contributed by atoms with E-state index in [2.05, 4.69) is 5.32 Å². The average molecular weight is 577 g/mol. The number of hydrogen-bond donors (Lipinski definition) is 3. The van der Waals surface area contributed by atoms with Gasteiger partial charge in [-0.3, -0.25) is 0 Å². The summed E-state index contributed by atoms with van der Waals surface area (Å²) in [5, 5.41) is 22.8. The topological polar surface area (TPSA) is 108 Å². The van der Waals surface area contributed by atoms with Crippen molar-refractivity contribution in [1.82, 2.24) is 10.2 Å². The fraction of sp³-hybridized carbons (Fsp3) is 0.548. The van der Waals surface area contributed by atoms with Gasteiger partial charge in [-0.1, -0.05) is 37.3 Å². The summed E-state index contributed by atoms with van der Waals surface area (Å²) in [7, 11) is 0. The maximum Gasteiger partial charge on any atom is 0.329 e. The number of carboxylic acid groups (broad SMARTS) is 1. The van der Waals surface area contributed by atoms with Crippen LogP contribution >= 0.6 is 0 Å². The van der Waals surface area contributed by atoms with Crippen LogP contribution in [0.4, 0.5) is 13.6 Å². The second-order valence-corrected chi connectivity index (χ2v) is 10.6. The minimum atomic E-state index is -3.15. The SMILES string of the molecule is CCOc1cc(C(C)N(CCCCc2ccccc2)C(=O)NC2(C(=O)O)CC(F)(F)C2)cc(OCC)c1C(O)CC. The van der Waals surface area contributed by atoms with E-state index in [-0.39, 0.29) is 6.54 Å². The standard InChI is InChI=1S/C31H42F2N2O6/c1-5-24(36)27-25(40-6-2)17-23(18-26(27)41-7-3)21(4)35(16-12-11-15-22-13-9-8-10-14-22)29(39)34-30(28(37)38)19-31(32,33)20-30/h8-10,13-14,17-18,21,24,36H,5-7,11-12,15-16,19-20H2,1-4H3,(H,34,39)(H,37,38). The van der Waals surface area contributed by atoms with Crippen LogP contribution in [0.3, 0.4) is 0 Å². The molecule has 8 nitrogen and oxygen atoms in total. The molecular formula is C31H42F2N2O6. The minimum Gasteiger partial charge on any atom is -0.493 e. The number of nitrogens with zero attached hydrogens (tertiary/aromatic N) is 1. The maximum atomic E-state index is 13.8. The molecule has 1 fully saturated rings. The molecule has 0 radical (unpaired) electrons. The number of aliphatic hydroxyl groups excluding tert-OH is 1. The van der Waals surface area contributed by atoms with E-state index < -0.39 is 48.4 Å². The van der Waals surface area contributed by atoms with Gasteiger partial charge in [0.2, 0.25) is 0 Å². The summed E-state index contributed by atoms with van der Waals surface area (Å²) in [4.78, 5) is 27.0. The van der Waals surface area contributed by atoms with Crippen molar-refractivity contribution in [2.24, 2.45) is 0 Å². The van der Waals surface area contributed by atoms with Gasteiger partial charge in [-0.15, -0.1) is 0 Å². The van der Waals surface area contributed by atoms with Crippen LogP contribution in [0.15, 0.2) is 42.5 Å². The number of halogens is 2. The lowest BCUT2D eigenvalue weighted by molar-refractivity contribution is -0.175. The highest BCUT2D eigenvalue weighted by atomic mass is 19.3. The van der Waals surface area contributed by atoms with E-state index >= 15 is 0 Å². The van der Waals surface area contributed by atoms with Crippen LogP contribution in [0.25, 0.3) is 0 Å². The van der Waals surface area contributed by atoms with Crippen LogP contribution in [0.2, 0.25) is 0 Å². The number of benzene rings is 2. The summed E-state index contributed by atoms with van der Waals surface area (Å²) in [5.74, 6) is -3.77. The molecule has 3 N–H and O–H groups in total. The molecule has 0 aromatic heterocycles. The lowest BCUT2D eigenvalue weighted by Gasteiger charge is -2.45. The third-order valence-electron chi connectivity index (χ3n) is 7.49. The van der Waals surface area contributed by atoms with Crippen LogP contribution in [0.5, 0.6) is 11.5 Å². The summed E-state index contributed by atoms with van der Waals surface area (Å²) in [6, 6.07) is 12.1. The lowest BCUT2D eigenvalue weighted by Crippen LogP contribution is -2.68. The molecule has 0 spiro atoms. The Balaban J connectivity index is 1.92. The second kappa shape index (κ2) is 14.0. The van der Waals surface area contributed by atoms with Gasteiger partial charge in [-0.2, -0.15) is 0 Å². The summed E-state index contributed by atoms with van der Waals surface area (Å²) in [6.07, 6.45) is -0.135. The Morgan fingerprint density at radius 1 is 1.02 bits per heavy atom. The van der Waals surface area contributed by atoms with E-state index in [4.69, 9.17) is 9.47 Å². The van der Waals surface area contributed by atoms with E-state index in [1.165, 1.54) is 4.90 Å². The van der Waals surface area contributed by atoms with Crippen molar-refractivity contribution in [2.45, 2.75) is 89.8 Å². The molecule has 2 unspecified atom stereocenters. The van der Waals surface area contributed by atoms with Crippen LogP contribution in [-0.4, -0.2) is 58.3 Å². The number of amides is 2. The van der Waals surface area contributed by atoms with E-state index in [9.17, 15) is 28.6 Å². The third kappa shape index (κ3) is 7.87. The summed E-state index contributed by atoms with van der Waals surface area (Å²) >= 11 is 0. The van der Waals surface area contributed by atoms with Gasteiger partial charge in [0.15, 0.2) is 5.54 Å². The fourth-order valence-electron chi connectivity index (χ4n) is 5.25. The van der Waals surface area contributed by atoms with Crippen LogP contribution < -0.4 is 14.8 Å². The van der Waals surface area contributed by atoms with E-state index in [1.54, 1.807) is 19.1 Å². The molecular weight excluding hydrogens is 534 g/mol. The number of ether oxygens (including phenoxy) is 2. The molecule has 1 aliphatic rings. The molecule has 10 heteroatoms. The van der Waals surface area contributed by atoms with Crippen molar-refractivity contribution in [1.29, 1.82) is 0 Å². The molecule has 41 heavy (non-hydrogen) atoms.